The molecule has 3 unspecified atom stereocenters. The third-order valence-corrected chi connectivity index (χ3v) is 4.74. The molecule has 1 nitrogen and oxygen atoms in total. The number of hydrogen-bond acceptors (Lipinski definition) is 1. The zero-order chi connectivity index (χ0) is 13.7. The first-order valence-corrected chi connectivity index (χ1v) is 8.11. The molecule has 0 radical (unpaired) electrons. The summed E-state index contributed by atoms with van der Waals surface area (Å²) in [4.78, 5) is 0. The summed E-state index contributed by atoms with van der Waals surface area (Å²) in [6.07, 6.45) is 6.83. The van der Waals surface area contributed by atoms with Crippen LogP contribution >= 0.6 is 11.6 Å². The molecule has 0 aromatic heterocycles. The van der Waals surface area contributed by atoms with Crippen molar-refractivity contribution in [2.24, 2.45) is 11.8 Å². The Morgan fingerprint density at radius 2 is 2.16 bits per heavy atom. The van der Waals surface area contributed by atoms with Crippen LogP contribution in [0, 0.1) is 11.8 Å². The lowest BCUT2D eigenvalue weighted by atomic mass is 9.75. The van der Waals surface area contributed by atoms with Crippen LogP contribution in [0.25, 0.3) is 0 Å². The minimum atomic E-state index is 0.470. The van der Waals surface area contributed by atoms with E-state index in [0.29, 0.717) is 6.04 Å². The third kappa shape index (κ3) is 3.97. The number of rotatable bonds is 5. The minimum Gasteiger partial charge on any atom is -0.310 e. The summed E-state index contributed by atoms with van der Waals surface area (Å²) in [5.41, 5.74) is 1.36. The van der Waals surface area contributed by atoms with Crippen molar-refractivity contribution in [1.29, 1.82) is 0 Å². The van der Waals surface area contributed by atoms with E-state index in [1.165, 1.54) is 37.7 Å². The van der Waals surface area contributed by atoms with Gasteiger partial charge in [-0.1, -0.05) is 56.8 Å². The highest BCUT2D eigenvalue weighted by molar-refractivity contribution is 6.30. The molecular weight excluding hydrogens is 254 g/mol. The van der Waals surface area contributed by atoms with Crippen LogP contribution in [0.2, 0.25) is 5.02 Å². The second kappa shape index (κ2) is 7.31. The molecule has 2 heteroatoms. The summed E-state index contributed by atoms with van der Waals surface area (Å²) >= 11 is 6.16. The molecule has 3 atom stereocenters. The summed E-state index contributed by atoms with van der Waals surface area (Å²) < 4.78 is 0. The lowest BCUT2D eigenvalue weighted by molar-refractivity contribution is 0.210. The van der Waals surface area contributed by atoms with Gasteiger partial charge in [0.2, 0.25) is 0 Å². The van der Waals surface area contributed by atoms with Crippen LogP contribution in [0.4, 0.5) is 0 Å². The van der Waals surface area contributed by atoms with Gasteiger partial charge in [-0.2, -0.15) is 0 Å². The van der Waals surface area contributed by atoms with Crippen molar-refractivity contribution >= 4 is 11.6 Å². The maximum absolute atomic E-state index is 6.16. The molecule has 0 heterocycles. The van der Waals surface area contributed by atoms with Gasteiger partial charge in [-0.25, -0.2) is 0 Å². The molecule has 1 fully saturated rings. The van der Waals surface area contributed by atoms with Gasteiger partial charge in [-0.15, -0.1) is 0 Å². The van der Waals surface area contributed by atoms with E-state index in [1.54, 1.807) is 0 Å². The largest absolute Gasteiger partial charge is 0.310 e. The quantitative estimate of drug-likeness (QED) is 0.780. The summed E-state index contributed by atoms with van der Waals surface area (Å²) in [5, 5.41) is 4.53. The van der Waals surface area contributed by atoms with Crippen molar-refractivity contribution in [2.45, 2.75) is 52.0 Å². The van der Waals surface area contributed by atoms with Crippen LogP contribution in [-0.4, -0.2) is 6.54 Å². The monoisotopic (exact) mass is 279 g/mol. The molecule has 1 aromatic carbocycles. The van der Waals surface area contributed by atoms with Crippen molar-refractivity contribution in [3.8, 4) is 0 Å². The molecule has 106 valence electrons. The first kappa shape index (κ1) is 14.9. The molecule has 0 spiro atoms. The van der Waals surface area contributed by atoms with E-state index in [4.69, 9.17) is 11.6 Å². The maximum atomic E-state index is 6.16. The van der Waals surface area contributed by atoms with E-state index in [1.807, 2.05) is 6.07 Å². The topological polar surface area (TPSA) is 12.0 Å². The Balaban J connectivity index is 2.15. The Labute approximate surface area is 122 Å². The molecular formula is C17H26ClN. The van der Waals surface area contributed by atoms with Crippen molar-refractivity contribution in [3.05, 3.63) is 34.9 Å². The van der Waals surface area contributed by atoms with E-state index in [2.05, 4.69) is 37.4 Å². The van der Waals surface area contributed by atoms with Gasteiger partial charge in [0, 0.05) is 11.1 Å². The fraction of sp³-hybridized carbons (Fsp3) is 0.647. The predicted octanol–water partition coefficient (Wildman–Crippen LogP) is 5.21. The van der Waals surface area contributed by atoms with Gasteiger partial charge in [0.05, 0.1) is 0 Å². The zero-order valence-electron chi connectivity index (χ0n) is 12.2. The second-order valence-electron chi connectivity index (χ2n) is 5.79. The van der Waals surface area contributed by atoms with Gasteiger partial charge in [0.15, 0.2) is 0 Å². The minimum absolute atomic E-state index is 0.470. The van der Waals surface area contributed by atoms with Crippen molar-refractivity contribution in [1.82, 2.24) is 5.32 Å². The van der Waals surface area contributed by atoms with Crippen LogP contribution in [-0.2, 0) is 0 Å². The van der Waals surface area contributed by atoms with E-state index >= 15 is 0 Å². The van der Waals surface area contributed by atoms with Gasteiger partial charge in [0.25, 0.3) is 0 Å². The van der Waals surface area contributed by atoms with E-state index in [9.17, 15) is 0 Å². The molecule has 0 amide bonds. The Morgan fingerprint density at radius 1 is 1.32 bits per heavy atom. The first-order valence-electron chi connectivity index (χ1n) is 7.73. The zero-order valence-corrected chi connectivity index (χ0v) is 12.9. The molecule has 1 aromatic rings. The SMILES string of the molecule is CCNC(c1cccc(Cl)c1)C1CCCC(CC)C1. The molecule has 0 saturated heterocycles. The van der Waals surface area contributed by atoms with Crippen LogP contribution < -0.4 is 5.32 Å². The molecule has 0 bridgehead atoms. The van der Waals surface area contributed by atoms with Crippen LogP contribution in [0.5, 0.6) is 0 Å². The predicted molar refractivity (Wildman–Crippen MR) is 83.6 cm³/mol. The Morgan fingerprint density at radius 3 is 2.84 bits per heavy atom. The molecule has 2 rings (SSSR count). The summed E-state index contributed by atoms with van der Waals surface area (Å²) in [7, 11) is 0. The summed E-state index contributed by atoms with van der Waals surface area (Å²) in [6.45, 7) is 5.54. The lowest BCUT2D eigenvalue weighted by Gasteiger charge is -2.35. The van der Waals surface area contributed by atoms with Gasteiger partial charge < -0.3 is 5.32 Å². The number of halogens is 1. The van der Waals surface area contributed by atoms with Crippen molar-refractivity contribution in [3.63, 3.8) is 0 Å². The van der Waals surface area contributed by atoms with Gasteiger partial charge in [-0.3, -0.25) is 0 Å². The highest BCUT2D eigenvalue weighted by Gasteiger charge is 2.28. The third-order valence-electron chi connectivity index (χ3n) is 4.50. The Bertz CT molecular complexity index is 391. The van der Waals surface area contributed by atoms with Gasteiger partial charge in [-0.05, 0) is 48.9 Å². The fourth-order valence-corrected chi connectivity index (χ4v) is 3.68. The van der Waals surface area contributed by atoms with Crippen LogP contribution in [0.1, 0.15) is 57.6 Å². The van der Waals surface area contributed by atoms with E-state index in [-0.39, 0.29) is 0 Å². The molecule has 0 aliphatic heterocycles. The van der Waals surface area contributed by atoms with Gasteiger partial charge >= 0.3 is 0 Å². The van der Waals surface area contributed by atoms with Crippen LogP contribution in [0.3, 0.4) is 0 Å². The fourth-order valence-electron chi connectivity index (χ4n) is 3.48. The normalized spacial score (nSPS) is 25.2. The number of benzene rings is 1. The van der Waals surface area contributed by atoms with Crippen molar-refractivity contribution < 1.29 is 0 Å². The molecule has 1 saturated carbocycles. The van der Waals surface area contributed by atoms with Crippen LogP contribution in [0.15, 0.2) is 24.3 Å². The second-order valence-corrected chi connectivity index (χ2v) is 6.23. The number of hydrogen-bond donors (Lipinski definition) is 1. The molecule has 1 aliphatic carbocycles. The van der Waals surface area contributed by atoms with Gasteiger partial charge in [0.1, 0.15) is 0 Å². The maximum Gasteiger partial charge on any atom is 0.0409 e. The molecule has 1 N–H and O–H groups in total. The smallest absolute Gasteiger partial charge is 0.0409 e. The lowest BCUT2D eigenvalue weighted by Crippen LogP contribution is -2.31. The molecule has 19 heavy (non-hydrogen) atoms. The summed E-state index contributed by atoms with van der Waals surface area (Å²) in [5.74, 6) is 1.68. The Hall–Kier alpha value is -0.530. The summed E-state index contributed by atoms with van der Waals surface area (Å²) in [6, 6.07) is 8.85. The average Bonchev–Trinajstić information content (AvgIpc) is 2.45. The first-order chi connectivity index (χ1) is 9.24. The molecule has 1 aliphatic rings. The Kier molecular flexibility index (Phi) is 5.72. The standard InChI is InChI=1S/C17H26ClN/c1-3-13-7-5-8-14(11-13)17(19-4-2)15-9-6-10-16(18)12-15/h6,9-10,12-14,17,19H,3-5,7-8,11H2,1-2H3. The van der Waals surface area contributed by atoms with E-state index in [0.717, 1.165) is 23.4 Å². The van der Waals surface area contributed by atoms with Crippen molar-refractivity contribution in [2.75, 3.05) is 6.54 Å². The van der Waals surface area contributed by atoms with E-state index < -0.39 is 0 Å². The average molecular weight is 280 g/mol. The highest BCUT2D eigenvalue weighted by Crippen LogP contribution is 2.38. The highest BCUT2D eigenvalue weighted by atomic mass is 35.5. The number of nitrogens with one attached hydrogen (secondary N) is 1.